The van der Waals surface area contributed by atoms with Crippen molar-refractivity contribution in [2.75, 3.05) is 24.7 Å². The second kappa shape index (κ2) is 4.53. The number of nitrogens with zero attached hydrogens (tertiary/aromatic N) is 2. The lowest BCUT2D eigenvalue weighted by Crippen LogP contribution is -2.23. The van der Waals surface area contributed by atoms with Crippen LogP contribution >= 0.6 is 0 Å². The van der Waals surface area contributed by atoms with Crippen molar-refractivity contribution in [1.82, 2.24) is 0 Å². The van der Waals surface area contributed by atoms with Crippen LogP contribution in [0.25, 0.3) is 0 Å². The molecule has 1 aliphatic heterocycles. The summed E-state index contributed by atoms with van der Waals surface area (Å²) in [5, 5.41) is 8.46. The fourth-order valence-corrected chi connectivity index (χ4v) is 1.52. The van der Waals surface area contributed by atoms with Gasteiger partial charge in [-0.2, -0.15) is 5.26 Å². The lowest BCUT2D eigenvalue weighted by molar-refractivity contribution is 0.181. The number of cyclic esters (lactones) is 1. The molecule has 0 spiro atoms. The monoisotopic (exact) mass is 218 g/mol. The summed E-state index contributed by atoms with van der Waals surface area (Å²) >= 11 is 0. The number of anilines is 1. The van der Waals surface area contributed by atoms with Gasteiger partial charge in [-0.25, -0.2) is 4.79 Å². The number of nitriles is 1. The summed E-state index contributed by atoms with van der Waals surface area (Å²) in [5.74, 6) is 0.517. The van der Waals surface area contributed by atoms with Crippen LogP contribution in [0, 0.1) is 11.3 Å². The zero-order valence-corrected chi connectivity index (χ0v) is 8.55. The fraction of sp³-hybridized carbons (Fsp3) is 0.273. The molecule has 5 nitrogen and oxygen atoms in total. The van der Waals surface area contributed by atoms with E-state index in [1.165, 1.54) is 4.90 Å². The Hall–Kier alpha value is -2.22. The van der Waals surface area contributed by atoms with Crippen molar-refractivity contribution in [3.63, 3.8) is 0 Å². The SMILES string of the molecule is N#CCOc1ccccc1N1CCOC1=O. The highest BCUT2D eigenvalue weighted by molar-refractivity contribution is 5.91. The first-order chi connectivity index (χ1) is 7.83. The molecule has 1 fully saturated rings. The second-order valence-corrected chi connectivity index (χ2v) is 3.18. The molecule has 1 saturated heterocycles. The van der Waals surface area contributed by atoms with E-state index in [2.05, 4.69) is 0 Å². The van der Waals surface area contributed by atoms with Gasteiger partial charge in [-0.3, -0.25) is 4.90 Å². The van der Waals surface area contributed by atoms with E-state index in [9.17, 15) is 4.79 Å². The summed E-state index contributed by atoms with van der Waals surface area (Å²) in [6, 6.07) is 8.97. The van der Waals surface area contributed by atoms with Crippen LogP contribution in [0.4, 0.5) is 10.5 Å². The molecule has 1 amide bonds. The number of carbonyl (C=O) groups excluding carboxylic acids is 1. The molecule has 0 bridgehead atoms. The molecular formula is C11H10N2O3. The number of hydrogen-bond donors (Lipinski definition) is 0. The van der Waals surface area contributed by atoms with Gasteiger partial charge in [0.1, 0.15) is 18.4 Å². The fourth-order valence-electron chi connectivity index (χ4n) is 1.52. The Morgan fingerprint density at radius 1 is 1.50 bits per heavy atom. The van der Waals surface area contributed by atoms with E-state index in [0.29, 0.717) is 24.6 Å². The first kappa shape index (κ1) is 10.3. The topological polar surface area (TPSA) is 62.6 Å². The summed E-state index contributed by atoms with van der Waals surface area (Å²) in [6.45, 7) is 0.844. The van der Waals surface area contributed by atoms with Crippen molar-refractivity contribution in [3.05, 3.63) is 24.3 Å². The van der Waals surface area contributed by atoms with Gasteiger partial charge in [-0.15, -0.1) is 0 Å². The van der Waals surface area contributed by atoms with Gasteiger partial charge in [-0.1, -0.05) is 12.1 Å². The summed E-state index contributed by atoms with van der Waals surface area (Å²) in [5.41, 5.74) is 0.639. The molecule has 0 saturated carbocycles. The molecule has 82 valence electrons. The van der Waals surface area contributed by atoms with Gasteiger partial charge in [0, 0.05) is 0 Å². The number of rotatable bonds is 3. The highest BCUT2D eigenvalue weighted by atomic mass is 16.6. The third kappa shape index (κ3) is 1.91. The molecule has 1 aliphatic rings. The number of para-hydroxylation sites is 2. The van der Waals surface area contributed by atoms with Crippen molar-refractivity contribution in [2.45, 2.75) is 0 Å². The quantitative estimate of drug-likeness (QED) is 0.772. The highest BCUT2D eigenvalue weighted by Gasteiger charge is 2.25. The summed E-state index contributed by atoms with van der Waals surface area (Å²) in [4.78, 5) is 12.9. The van der Waals surface area contributed by atoms with E-state index in [-0.39, 0.29) is 12.7 Å². The molecule has 5 heteroatoms. The van der Waals surface area contributed by atoms with Crippen LogP contribution < -0.4 is 9.64 Å². The van der Waals surface area contributed by atoms with Gasteiger partial charge in [0.25, 0.3) is 0 Å². The molecule has 0 aliphatic carbocycles. The molecule has 2 rings (SSSR count). The van der Waals surface area contributed by atoms with E-state index < -0.39 is 0 Å². The lowest BCUT2D eigenvalue weighted by Gasteiger charge is -2.16. The normalized spacial score (nSPS) is 14.4. The Morgan fingerprint density at radius 3 is 3.00 bits per heavy atom. The number of amides is 1. The Bertz CT molecular complexity index is 439. The smallest absolute Gasteiger partial charge is 0.414 e. The Kier molecular flexibility index (Phi) is 2.92. The van der Waals surface area contributed by atoms with Crippen LogP contribution in [0.2, 0.25) is 0 Å². The first-order valence-corrected chi connectivity index (χ1v) is 4.86. The molecular weight excluding hydrogens is 208 g/mol. The largest absolute Gasteiger partial charge is 0.477 e. The zero-order valence-electron chi connectivity index (χ0n) is 8.55. The zero-order chi connectivity index (χ0) is 11.4. The average Bonchev–Trinajstić information content (AvgIpc) is 2.73. The molecule has 1 aromatic carbocycles. The molecule has 0 atom stereocenters. The Labute approximate surface area is 92.8 Å². The van der Waals surface area contributed by atoms with Crippen molar-refractivity contribution in [3.8, 4) is 11.8 Å². The van der Waals surface area contributed by atoms with Crippen LogP contribution in [0.1, 0.15) is 0 Å². The minimum atomic E-state index is -0.381. The van der Waals surface area contributed by atoms with Gasteiger partial charge >= 0.3 is 6.09 Å². The van der Waals surface area contributed by atoms with Crippen LogP contribution in [0.5, 0.6) is 5.75 Å². The maximum Gasteiger partial charge on any atom is 0.414 e. The van der Waals surface area contributed by atoms with E-state index in [1.54, 1.807) is 24.3 Å². The van der Waals surface area contributed by atoms with E-state index in [1.807, 2.05) is 6.07 Å². The number of benzene rings is 1. The van der Waals surface area contributed by atoms with Gasteiger partial charge in [0.2, 0.25) is 0 Å². The molecule has 0 aromatic heterocycles. The van der Waals surface area contributed by atoms with Gasteiger partial charge < -0.3 is 9.47 Å². The van der Waals surface area contributed by atoms with Crippen molar-refractivity contribution in [1.29, 1.82) is 5.26 Å². The van der Waals surface area contributed by atoms with E-state index in [4.69, 9.17) is 14.7 Å². The predicted molar refractivity (Wildman–Crippen MR) is 56.2 cm³/mol. The minimum absolute atomic E-state index is 0.0418. The number of carbonyl (C=O) groups is 1. The average molecular weight is 218 g/mol. The van der Waals surface area contributed by atoms with Crippen molar-refractivity contribution >= 4 is 11.8 Å². The molecule has 1 aromatic rings. The molecule has 0 unspecified atom stereocenters. The van der Waals surface area contributed by atoms with Crippen molar-refractivity contribution < 1.29 is 14.3 Å². The second-order valence-electron chi connectivity index (χ2n) is 3.18. The maximum atomic E-state index is 11.4. The van der Waals surface area contributed by atoms with Crippen LogP contribution in [-0.4, -0.2) is 25.9 Å². The summed E-state index contributed by atoms with van der Waals surface area (Å²) in [6.07, 6.45) is -0.381. The van der Waals surface area contributed by atoms with E-state index in [0.717, 1.165) is 0 Å². The lowest BCUT2D eigenvalue weighted by atomic mass is 10.2. The highest BCUT2D eigenvalue weighted by Crippen LogP contribution is 2.29. The van der Waals surface area contributed by atoms with Crippen LogP contribution in [0.15, 0.2) is 24.3 Å². The molecule has 0 radical (unpaired) electrons. The molecule has 16 heavy (non-hydrogen) atoms. The predicted octanol–water partition coefficient (Wildman–Crippen LogP) is 1.55. The Morgan fingerprint density at radius 2 is 2.31 bits per heavy atom. The minimum Gasteiger partial charge on any atom is -0.477 e. The third-order valence-corrected chi connectivity index (χ3v) is 2.21. The van der Waals surface area contributed by atoms with E-state index >= 15 is 0 Å². The third-order valence-electron chi connectivity index (χ3n) is 2.21. The number of hydrogen-bond acceptors (Lipinski definition) is 4. The summed E-state index contributed by atoms with van der Waals surface area (Å²) in [7, 11) is 0. The first-order valence-electron chi connectivity index (χ1n) is 4.86. The van der Waals surface area contributed by atoms with Crippen LogP contribution in [0.3, 0.4) is 0 Å². The Balaban J connectivity index is 2.25. The standard InChI is InChI=1S/C11H10N2O3/c12-5-7-15-10-4-2-1-3-9(10)13-6-8-16-11(13)14/h1-4H,6-8H2. The maximum absolute atomic E-state index is 11.4. The summed E-state index contributed by atoms with van der Waals surface area (Å²) < 4.78 is 10.1. The van der Waals surface area contributed by atoms with Crippen molar-refractivity contribution in [2.24, 2.45) is 0 Å². The van der Waals surface area contributed by atoms with Crippen LogP contribution in [-0.2, 0) is 4.74 Å². The van der Waals surface area contributed by atoms with Gasteiger partial charge in [0.05, 0.1) is 12.2 Å². The van der Waals surface area contributed by atoms with Gasteiger partial charge in [0.15, 0.2) is 6.61 Å². The molecule has 0 N–H and O–H groups in total. The number of ether oxygens (including phenoxy) is 2. The molecule has 1 heterocycles. The van der Waals surface area contributed by atoms with Gasteiger partial charge in [-0.05, 0) is 12.1 Å².